The van der Waals surface area contributed by atoms with Crippen LogP contribution in [-0.2, 0) is 9.53 Å². The SMILES string of the molecule is CCC(C)(CN)C(=O)OC1CCC(C)C(C)C1. The Kier molecular flexibility index (Phi) is 4.99. The molecule has 0 amide bonds. The first-order valence-electron chi connectivity index (χ1n) is 6.84. The zero-order chi connectivity index (χ0) is 13.1. The van der Waals surface area contributed by atoms with Crippen molar-refractivity contribution in [2.45, 2.75) is 59.5 Å². The molecule has 100 valence electrons. The van der Waals surface area contributed by atoms with Gasteiger partial charge in [0.25, 0.3) is 0 Å². The fraction of sp³-hybridized carbons (Fsp3) is 0.929. The van der Waals surface area contributed by atoms with Crippen LogP contribution in [0, 0.1) is 17.3 Å². The third-order valence-electron chi connectivity index (χ3n) is 4.55. The lowest BCUT2D eigenvalue weighted by Crippen LogP contribution is -2.40. The highest BCUT2D eigenvalue weighted by molar-refractivity contribution is 5.76. The summed E-state index contributed by atoms with van der Waals surface area (Å²) in [5.74, 6) is 1.28. The number of esters is 1. The zero-order valence-corrected chi connectivity index (χ0v) is 11.7. The quantitative estimate of drug-likeness (QED) is 0.770. The van der Waals surface area contributed by atoms with Crippen molar-refractivity contribution in [2.75, 3.05) is 6.54 Å². The van der Waals surface area contributed by atoms with Gasteiger partial charge in [0.05, 0.1) is 5.41 Å². The lowest BCUT2D eigenvalue weighted by Gasteiger charge is -2.34. The van der Waals surface area contributed by atoms with Gasteiger partial charge in [-0.05, 0) is 44.4 Å². The molecule has 3 heteroatoms. The normalized spacial score (nSPS) is 32.9. The molecule has 0 spiro atoms. The number of rotatable bonds is 4. The Morgan fingerprint density at radius 3 is 2.47 bits per heavy atom. The molecule has 1 saturated carbocycles. The Labute approximate surface area is 105 Å². The molecule has 1 fully saturated rings. The summed E-state index contributed by atoms with van der Waals surface area (Å²) in [6.45, 7) is 8.76. The van der Waals surface area contributed by atoms with E-state index in [0.717, 1.165) is 31.6 Å². The summed E-state index contributed by atoms with van der Waals surface area (Å²) >= 11 is 0. The van der Waals surface area contributed by atoms with Crippen molar-refractivity contribution in [3.05, 3.63) is 0 Å². The third kappa shape index (κ3) is 3.44. The molecule has 4 atom stereocenters. The molecule has 0 heterocycles. The minimum Gasteiger partial charge on any atom is -0.462 e. The summed E-state index contributed by atoms with van der Waals surface area (Å²) in [5.41, 5.74) is 5.16. The lowest BCUT2D eigenvalue weighted by atomic mass is 9.80. The highest BCUT2D eigenvalue weighted by Crippen LogP contribution is 2.32. The van der Waals surface area contributed by atoms with Crippen molar-refractivity contribution < 1.29 is 9.53 Å². The molecule has 1 aliphatic carbocycles. The van der Waals surface area contributed by atoms with Gasteiger partial charge in [0.2, 0.25) is 0 Å². The molecule has 0 aliphatic heterocycles. The summed E-state index contributed by atoms with van der Waals surface area (Å²) in [4.78, 5) is 12.1. The summed E-state index contributed by atoms with van der Waals surface area (Å²) in [5, 5.41) is 0. The smallest absolute Gasteiger partial charge is 0.313 e. The average molecular weight is 241 g/mol. The van der Waals surface area contributed by atoms with Gasteiger partial charge in [0, 0.05) is 6.54 Å². The molecular formula is C14H27NO2. The molecule has 3 nitrogen and oxygen atoms in total. The summed E-state index contributed by atoms with van der Waals surface area (Å²) in [6, 6.07) is 0. The molecule has 0 radical (unpaired) electrons. The van der Waals surface area contributed by atoms with E-state index in [-0.39, 0.29) is 12.1 Å². The number of hydrogen-bond donors (Lipinski definition) is 1. The molecule has 1 aliphatic rings. The van der Waals surface area contributed by atoms with E-state index in [0.29, 0.717) is 12.5 Å². The van der Waals surface area contributed by atoms with Crippen molar-refractivity contribution in [1.82, 2.24) is 0 Å². The highest BCUT2D eigenvalue weighted by atomic mass is 16.5. The van der Waals surface area contributed by atoms with Gasteiger partial charge >= 0.3 is 5.97 Å². The molecular weight excluding hydrogens is 214 g/mol. The van der Waals surface area contributed by atoms with Crippen molar-refractivity contribution in [1.29, 1.82) is 0 Å². The minimum absolute atomic E-state index is 0.103. The van der Waals surface area contributed by atoms with E-state index in [4.69, 9.17) is 10.5 Å². The highest BCUT2D eigenvalue weighted by Gasteiger charge is 2.35. The molecule has 0 aromatic carbocycles. The van der Waals surface area contributed by atoms with E-state index in [1.54, 1.807) is 0 Å². The largest absolute Gasteiger partial charge is 0.462 e. The second kappa shape index (κ2) is 5.85. The molecule has 0 aromatic heterocycles. The van der Waals surface area contributed by atoms with Crippen molar-refractivity contribution >= 4 is 5.97 Å². The number of hydrogen-bond acceptors (Lipinski definition) is 3. The van der Waals surface area contributed by atoms with Crippen molar-refractivity contribution in [3.63, 3.8) is 0 Å². The van der Waals surface area contributed by atoms with Gasteiger partial charge < -0.3 is 10.5 Å². The van der Waals surface area contributed by atoms with Crippen LogP contribution >= 0.6 is 0 Å². The van der Waals surface area contributed by atoms with E-state index in [1.807, 2.05) is 13.8 Å². The maximum Gasteiger partial charge on any atom is 0.313 e. The number of ether oxygens (including phenoxy) is 1. The minimum atomic E-state index is -0.508. The van der Waals surface area contributed by atoms with Crippen LogP contribution in [0.4, 0.5) is 0 Å². The predicted molar refractivity (Wildman–Crippen MR) is 69.5 cm³/mol. The topological polar surface area (TPSA) is 52.3 Å². The van der Waals surface area contributed by atoms with Crippen LogP contribution in [-0.4, -0.2) is 18.6 Å². The van der Waals surface area contributed by atoms with Gasteiger partial charge in [-0.25, -0.2) is 0 Å². The van der Waals surface area contributed by atoms with Gasteiger partial charge in [-0.2, -0.15) is 0 Å². The molecule has 2 N–H and O–H groups in total. The number of carbonyl (C=O) groups is 1. The maximum atomic E-state index is 12.1. The van der Waals surface area contributed by atoms with E-state index < -0.39 is 5.41 Å². The van der Waals surface area contributed by atoms with Gasteiger partial charge in [-0.3, -0.25) is 4.79 Å². The first-order chi connectivity index (χ1) is 7.92. The fourth-order valence-electron chi connectivity index (χ4n) is 2.27. The Bertz CT molecular complexity index is 261. The third-order valence-corrected chi connectivity index (χ3v) is 4.55. The van der Waals surface area contributed by atoms with Gasteiger partial charge in [0.1, 0.15) is 6.10 Å². The van der Waals surface area contributed by atoms with Gasteiger partial charge in [-0.15, -0.1) is 0 Å². The predicted octanol–water partition coefficient (Wildman–Crippen LogP) is 2.73. The van der Waals surface area contributed by atoms with Crippen LogP contribution in [0.1, 0.15) is 53.4 Å². The number of carbonyl (C=O) groups excluding carboxylic acids is 1. The van der Waals surface area contributed by atoms with Crippen LogP contribution in [0.2, 0.25) is 0 Å². The lowest BCUT2D eigenvalue weighted by molar-refractivity contribution is -0.163. The Hall–Kier alpha value is -0.570. The van der Waals surface area contributed by atoms with E-state index in [2.05, 4.69) is 13.8 Å². The second-order valence-corrected chi connectivity index (χ2v) is 5.91. The first-order valence-corrected chi connectivity index (χ1v) is 6.84. The molecule has 0 saturated heterocycles. The van der Waals surface area contributed by atoms with Crippen LogP contribution in [0.15, 0.2) is 0 Å². The Morgan fingerprint density at radius 2 is 2.00 bits per heavy atom. The average Bonchev–Trinajstić information content (AvgIpc) is 2.32. The summed E-state index contributed by atoms with van der Waals surface area (Å²) in [7, 11) is 0. The molecule has 1 rings (SSSR count). The Morgan fingerprint density at radius 1 is 1.35 bits per heavy atom. The molecule has 4 unspecified atom stereocenters. The van der Waals surface area contributed by atoms with E-state index in [1.165, 1.54) is 0 Å². The second-order valence-electron chi connectivity index (χ2n) is 5.91. The van der Waals surface area contributed by atoms with Gasteiger partial charge in [0.15, 0.2) is 0 Å². The fourth-order valence-corrected chi connectivity index (χ4v) is 2.27. The number of nitrogens with two attached hydrogens (primary N) is 1. The zero-order valence-electron chi connectivity index (χ0n) is 11.7. The molecule has 17 heavy (non-hydrogen) atoms. The monoisotopic (exact) mass is 241 g/mol. The van der Waals surface area contributed by atoms with Crippen LogP contribution in [0.25, 0.3) is 0 Å². The summed E-state index contributed by atoms with van der Waals surface area (Å²) in [6.07, 6.45) is 4.00. The van der Waals surface area contributed by atoms with E-state index >= 15 is 0 Å². The van der Waals surface area contributed by atoms with Crippen LogP contribution < -0.4 is 5.73 Å². The van der Waals surface area contributed by atoms with Crippen molar-refractivity contribution in [2.24, 2.45) is 23.0 Å². The Balaban J connectivity index is 2.52. The standard InChI is InChI=1S/C14H27NO2/c1-5-14(4,9-15)13(16)17-12-7-6-10(2)11(3)8-12/h10-12H,5-9,15H2,1-4H3. The molecule has 0 aromatic rings. The maximum absolute atomic E-state index is 12.1. The van der Waals surface area contributed by atoms with Gasteiger partial charge in [-0.1, -0.05) is 20.8 Å². The van der Waals surface area contributed by atoms with Crippen LogP contribution in [0.5, 0.6) is 0 Å². The van der Waals surface area contributed by atoms with E-state index in [9.17, 15) is 4.79 Å². The van der Waals surface area contributed by atoms with Crippen LogP contribution in [0.3, 0.4) is 0 Å². The molecule has 0 bridgehead atoms. The summed E-state index contributed by atoms with van der Waals surface area (Å²) < 4.78 is 5.64. The van der Waals surface area contributed by atoms with Crippen molar-refractivity contribution in [3.8, 4) is 0 Å². The first kappa shape index (κ1) is 14.5.